The highest BCUT2D eigenvalue weighted by molar-refractivity contribution is 7.82. The lowest BCUT2D eigenvalue weighted by molar-refractivity contribution is 0.285. The average molecular weight is 176 g/mol. The van der Waals surface area contributed by atoms with E-state index in [2.05, 4.69) is 19.6 Å². The third kappa shape index (κ3) is 2.29. The predicted octanol–water partition coefficient (Wildman–Crippen LogP) is 1.77. The maximum atomic E-state index is 5.69. The zero-order valence-corrected chi connectivity index (χ0v) is 8.59. The first-order valence-electron chi connectivity index (χ1n) is 4.14. The zero-order chi connectivity index (χ0) is 7.40. The van der Waals surface area contributed by atoms with Gasteiger partial charge in [-0.05, 0) is 18.9 Å². The molecule has 0 amide bonds. The van der Waals surface area contributed by atoms with Gasteiger partial charge in [0.25, 0.3) is 0 Å². The van der Waals surface area contributed by atoms with Crippen LogP contribution in [0.2, 0.25) is 6.04 Å². The van der Waals surface area contributed by atoms with Crippen LogP contribution in [0, 0.1) is 0 Å². The van der Waals surface area contributed by atoms with E-state index in [0.717, 1.165) is 6.61 Å². The van der Waals surface area contributed by atoms with Gasteiger partial charge in [0.15, 0.2) is 9.04 Å². The molecule has 0 aliphatic carbocycles. The lowest BCUT2D eigenvalue weighted by atomic mass is 10.4. The fourth-order valence-electron chi connectivity index (χ4n) is 1.33. The van der Waals surface area contributed by atoms with Gasteiger partial charge in [-0.3, -0.25) is 0 Å². The van der Waals surface area contributed by atoms with Gasteiger partial charge in [0, 0.05) is 11.5 Å². The number of thiol groups is 1. The highest BCUT2D eigenvalue weighted by Crippen LogP contribution is 2.18. The molecular weight excluding hydrogens is 160 g/mol. The van der Waals surface area contributed by atoms with E-state index < -0.39 is 9.04 Å². The van der Waals surface area contributed by atoms with E-state index in [-0.39, 0.29) is 0 Å². The predicted molar refractivity (Wildman–Crippen MR) is 50.2 cm³/mol. The Kier molecular flexibility index (Phi) is 3.81. The molecule has 0 aromatic carbocycles. The standard InChI is InChI=1S/C7H16OSSi/c1-2-7(9)10-6-4-3-5-8-10/h7,9-10H,2-6H2,1H3. The van der Waals surface area contributed by atoms with Crippen LogP contribution in [0.5, 0.6) is 0 Å². The van der Waals surface area contributed by atoms with Crippen LogP contribution in [0.25, 0.3) is 0 Å². The first-order valence-corrected chi connectivity index (χ1v) is 6.61. The Morgan fingerprint density at radius 2 is 2.40 bits per heavy atom. The van der Waals surface area contributed by atoms with Gasteiger partial charge in [-0.15, -0.1) is 0 Å². The maximum absolute atomic E-state index is 5.69. The molecule has 1 saturated heterocycles. The van der Waals surface area contributed by atoms with E-state index in [1.807, 2.05) is 0 Å². The molecule has 1 rings (SSSR count). The summed E-state index contributed by atoms with van der Waals surface area (Å²) in [7, 11) is -0.856. The molecule has 0 saturated carbocycles. The molecule has 0 N–H and O–H groups in total. The van der Waals surface area contributed by atoms with E-state index in [1.165, 1.54) is 25.3 Å². The van der Waals surface area contributed by atoms with E-state index in [1.54, 1.807) is 0 Å². The molecule has 1 heterocycles. The summed E-state index contributed by atoms with van der Waals surface area (Å²) in [6.45, 7) is 3.20. The number of rotatable bonds is 2. The smallest absolute Gasteiger partial charge is 0.189 e. The van der Waals surface area contributed by atoms with Gasteiger partial charge in [0.05, 0.1) is 0 Å². The Morgan fingerprint density at radius 3 is 2.90 bits per heavy atom. The molecular formula is C7H16OSSi. The first-order chi connectivity index (χ1) is 4.84. The van der Waals surface area contributed by atoms with Crippen molar-refractivity contribution in [3.63, 3.8) is 0 Å². The van der Waals surface area contributed by atoms with Gasteiger partial charge < -0.3 is 4.43 Å². The van der Waals surface area contributed by atoms with Crippen molar-refractivity contribution in [2.75, 3.05) is 6.61 Å². The molecule has 1 nitrogen and oxygen atoms in total. The normalized spacial score (nSPS) is 30.0. The Labute approximate surface area is 70.3 Å². The highest BCUT2D eigenvalue weighted by Gasteiger charge is 2.21. The van der Waals surface area contributed by atoms with Gasteiger partial charge in [0.1, 0.15) is 0 Å². The van der Waals surface area contributed by atoms with Crippen molar-refractivity contribution < 1.29 is 4.43 Å². The quantitative estimate of drug-likeness (QED) is 0.498. The molecule has 1 aliphatic rings. The molecule has 0 bridgehead atoms. The molecule has 0 aromatic heterocycles. The molecule has 10 heavy (non-hydrogen) atoms. The highest BCUT2D eigenvalue weighted by atomic mass is 32.1. The molecule has 0 aromatic rings. The topological polar surface area (TPSA) is 9.23 Å². The van der Waals surface area contributed by atoms with Crippen molar-refractivity contribution in [1.82, 2.24) is 0 Å². The summed E-state index contributed by atoms with van der Waals surface area (Å²) in [6.07, 6.45) is 3.83. The second-order valence-corrected chi connectivity index (χ2v) is 6.90. The van der Waals surface area contributed by atoms with Crippen molar-refractivity contribution in [1.29, 1.82) is 0 Å². The van der Waals surface area contributed by atoms with Crippen molar-refractivity contribution >= 4 is 21.7 Å². The van der Waals surface area contributed by atoms with Gasteiger partial charge in [-0.25, -0.2) is 0 Å². The minimum absolute atomic E-state index is 0.597. The Hall–Kier alpha value is 0.527. The van der Waals surface area contributed by atoms with Crippen LogP contribution in [0.4, 0.5) is 0 Å². The van der Waals surface area contributed by atoms with Gasteiger partial charge in [-0.1, -0.05) is 13.3 Å². The second kappa shape index (κ2) is 4.41. The van der Waals surface area contributed by atoms with Gasteiger partial charge >= 0.3 is 0 Å². The van der Waals surface area contributed by atoms with Gasteiger partial charge in [-0.2, -0.15) is 12.6 Å². The Bertz CT molecular complexity index is 93.6. The summed E-state index contributed by atoms with van der Waals surface area (Å²) in [6, 6.07) is 1.35. The van der Waals surface area contributed by atoms with Crippen LogP contribution in [0.15, 0.2) is 0 Å². The summed E-state index contributed by atoms with van der Waals surface area (Å²) >= 11 is 4.51. The Morgan fingerprint density at radius 1 is 1.60 bits per heavy atom. The third-order valence-corrected chi connectivity index (χ3v) is 6.40. The largest absolute Gasteiger partial charge is 0.419 e. The SMILES string of the molecule is CCC(S)[SiH]1CCCCO1. The van der Waals surface area contributed by atoms with E-state index in [0.29, 0.717) is 4.87 Å². The van der Waals surface area contributed by atoms with Gasteiger partial charge in [0.2, 0.25) is 0 Å². The molecule has 3 heteroatoms. The molecule has 2 atom stereocenters. The average Bonchev–Trinajstić information content (AvgIpc) is 2.05. The monoisotopic (exact) mass is 176 g/mol. The van der Waals surface area contributed by atoms with Crippen LogP contribution in [0.1, 0.15) is 26.2 Å². The van der Waals surface area contributed by atoms with E-state index in [4.69, 9.17) is 4.43 Å². The number of hydrogen-bond donors (Lipinski definition) is 1. The molecule has 1 aliphatic heterocycles. The summed E-state index contributed by atoms with van der Waals surface area (Å²) in [5, 5.41) is 0. The van der Waals surface area contributed by atoms with E-state index in [9.17, 15) is 0 Å². The maximum Gasteiger partial charge on any atom is 0.189 e. The van der Waals surface area contributed by atoms with E-state index >= 15 is 0 Å². The minimum Gasteiger partial charge on any atom is -0.419 e. The Balaban J connectivity index is 2.24. The molecule has 0 radical (unpaired) electrons. The fraction of sp³-hybridized carbons (Fsp3) is 1.00. The lowest BCUT2D eigenvalue weighted by Crippen LogP contribution is -2.32. The summed E-state index contributed by atoms with van der Waals surface area (Å²) in [5.74, 6) is 0. The van der Waals surface area contributed by atoms with Crippen LogP contribution >= 0.6 is 12.6 Å². The van der Waals surface area contributed by atoms with Crippen molar-refractivity contribution in [2.45, 2.75) is 37.1 Å². The van der Waals surface area contributed by atoms with Crippen LogP contribution < -0.4 is 0 Å². The molecule has 1 fully saturated rings. The molecule has 0 spiro atoms. The van der Waals surface area contributed by atoms with Crippen molar-refractivity contribution in [3.05, 3.63) is 0 Å². The summed E-state index contributed by atoms with van der Waals surface area (Å²) < 4.78 is 5.69. The summed E-state index contributed by atoms with van der Waals surface area (Å²) in [5.41, 5.74) is 0. The van der Waals surface area contributed by atoms with Crippen LogP contribution in [0.3, 0.4) is 0 Å². The van der Waals surface area contributed by atoms with Crippen molar-refractivity contribution in [2.24, 2.45) is 0 Å². The first kappa shape index (κ1) is 8.62. The fourth-order valence-corrected chi connectivity index (χ4v) is 4.50. The lowest BCUT2D eigenvalue weighted by Gasteiger charge is -2.24. The number of hydrogen-bond acceptors (Lipinski definition) is 2. The minimum atomic E-state index is -0.856. The van der Waals surface area contributed by atoms with Crippen LogP contribution in [-0.2, 0) is 4.43 Å². The zero-order valence-electron chi connectivity index (χ0n) is 6.55. The third-order valence-electron chi connectivity index (χ3n) is 2.06. The summed E-state index contributed by atoms with van der Waals surface area (Å²) in [4.78, 5) is 0.597. The molecule has 60 valence electrons. The molecule has 2 unspecified atom stereocenters. The van der Waals surface area contributed by atoms with Crippen LogP contribution in [-0.4, -0.2) is 20.5 Å². The van der Waals surface area contributed by atoms with Crippen molar-refractivity contribution in [3.8, 4) is 0 Å². The second-order valence-electron chi connectivity index (χ2n) is 2.88.